The van der Waals surface area contributed by atoms with E-state index in [9.17, 15) is 18.0 Å². The summed E-state index contributed by atoms with van der Waals surface area (Å²) in [6.07, 6.45) is 0.705. The molecule has 2 amide bonds. The molecule has 0 saturated heterocycles. The average Bonchev–Trinajstić information content (AvgIpc) is 2.74. The first-order chi connectivity index (χ1) is 14.5. The summed E-state index contributed by atoms with van der Waals surface area (Å²) in [5.74, 6) is -0.0649. The molecule has 1 aliphatic heterocycles. The average molecular weight is 464 g/mol. The Morgan fingerprint density at radius 2 is 1.71 bits per heavy atom. The third-order valence-corrected chi connectivity index (χ3v) is 7.34. The number of nitrogens with one attached hydrogen (secondary N) is 2. The fourth-order valence-corrected chi connectivity index (χ4v) is 4.40. The van der Waals surface area contributed by atoms with Crippen molar-refractivity contribution >= 4 is 44.8 Å². The molecule has 0 unspecified atom stereocenters. The van der Waals surface area contributed by atoms with E-state index in [2.05, 4.69) is 10.0 Å². The van der Waals surface area contributed by atoms with Gasteiger partial charge in [-0.15, -0.1) is 11.6 Å². The van der Waals surface area contributed by atoms with Crippen LogP contribution in [-0.2, 0) is 32.6 Å². The number of benzene rings is 2. The molecular formula is C22H26ClN3O4S. The maximum absolute atomic E-state index is 12.9. The van der Waals surface area contributed by atoms with Gasteiger partial charge in [0.15, 0.2) is 0 Å². The monoisotopic (exact) mass is 463 g/mol. The maximum Gasteiger partial charge on any atom is 0.261 e. The van der Waals surface area contributed by atoms with Crippen molar-refractivity contribution in [3.63, 3.8) is 0 Å². The molecule has 0 bridgehead atoms. The van der Waals surface area contributed by atoms with Gasteiger partial charge in [0.1, 0.15) is 0 Å². The molecule has 1 aliphatic rings. The second-order valence-electron chi connectivity index (χ2n) is 8.28. The molecule has 0 spiro atoms. The number of anilines is 2. The van der Waals surface area contributed by atoms with Gasteiger partial charge in [0, 0.05) is 37.3 Å². The van der Waals surface area contributed by atoms with Crippen LogP contribution < -0.4 is 10.0 Å². The van der Waals surface area contributed by atoms with Gasteiger partial charge < -0.3 is 10.2 Å². The predicted molar refractivity (Wildman–Crippen MR) is 122 cm³/mol. The van der Waals surface area contributed by atoms with Gasteiger partial charge in [-0.05, 0) is 67.8 Å². The molecule has 9 heteroatoms. The predicted octanol–water partition coefficient (Wildman–Crippen LogP) is 3.60. The van der Waals surface area contributed by atoms with Gasteiger partial charge in [-0.2, -0.15) is 0 Å². The number of hydrogen-bond donors (Lipinski definition) is 2. The summed E-state index contributed by atoms with van der Waals surface area (Å²) < 4.78 is 28.3. The fourth-order valence-electron chi connectivity index (χ4n) is 3.17. The van der Waals surface area contributed by atoms with Crippen molar-refractivity contribution in [2.24, 2.45) is 5.41 Å². The zero-order valence-corrected chi connectivity index (χ0v) is 19.3. The molecule has 0 radical (unpaired) electrons. The van der Waals surface area contributed by atoms with Crippen LogP contribution in [0.5, 0.6) is 0 Å². The highest BCUT2D eigenvalue weighted by Crippen LogP contribution is 2.25. The highest BCUT2D eigenvalue weighted by Gasteiger charge is 2.26. The first kappa shape index (κ1) is 23.1. The largest absolute Gasteiger partial charge is 0.338 e. The van der Waals surface area contributed by atoms with Gasteiger partial charge in [-0.25, -0.2) is 8.42 Å². The van der Waals surface area contributed by atoms with Crippen molar-refractivity contribution < 1.29 is 18.0 Å². The minimum absolute atomic E-state index is 0.0290. The van der Waals surface area contributed by atoms with Crippen molar-refractivity contribution in [2.45, 2.75) is 38.6 Å². The van der Waals surface area contributed by atoms with Crippen LogP contribution in [0.2, 0.25) is 0 Å². The van der Waals surface area contributed by atoms with Crippen molar-refractivity contribution in [1.82, 2.24) is 4.90 Å². The normalized spacial score (nSPS) is 14.0. The highest BCUT2D eigenvalue weighted by atomic mass is 35.5. The number of alkyl halides is 1. The number of sulfonamides is 1. The van der Waals surface area contributed by atoms with E-state index in [1.807, 2.05) is 0 Å². The third kappa shape index (κ3) is 5.37. The Hall–Kier alpha value is -2.58. The van der Waals surface area contributed by atoms with Crippen LogP contribution in [0, 0.1) is 5.41 Å². The molecule has 2 aromatic carbocycles. The van der Waals surface area contributed by atoms with Crippen LogP contribution in [0.4, 0.5) is 11.4 Å². The standard InChI is InChI=1S/C22H26ClN3O4S/c1-15(27)26-11-10-16-4-9-20(12-17(16)13-26)31(29,30)25-19-7-5-18(6-8-19)24-21(28)22(2,3)14-23/h4-9,12,25H,10-11,13-14H2,1-3H3,(H,24,28). The van der Waals surface area contributed by atoms with E-state index in [-0.39, 0.29) is 22.6 Å². The number of nitrogens with zero attached hydrogens (tertiary/aromatic N) is 1. The highest BCUT2D eigenvalue weighted by molar-refractivity contribution is 7.92. The third-order valence-electron chi connectivity index (χ3n) is 5.29. The Bertz CT molecular complexity index is 1100. The van der Waals surface area contributed by atoms with Crippen molar-refractivity contribution in [3.8, 4) is 0 Å². The minimum Gasteiger partial charge on any atom is -0.338 e. The Kier molecular flexibility index (Phi) is 6.62. The van der Waals surface area contributed by atoms with Crippen LogP contribution in [0.25, 0.3) is 0 Å². The van der Waals surface area contributed by atoms with E-state index < -0.39 is 15.4 Å². The maximum atomic E-state index is 12.9. The minimum atomic E-state index is -3.81. The number of halogens is 1. The first-order valence-electron chi connectivity index (χ1n) is 9.89. The van der Waals surface area contributed by atoms with Gasteiger partial charge in [0.2, 0.25) is 11.8 Å². The number of carbonyl (C=O) groups excluding carboxylic acids is 2. The molecule has 166 valence electrons. The summed E-state index contributed by atoms with van der Waals surface area (Å²) in [6.45, 7) is 6.03. The SMILES string of the molecule is CC(=O)N1CCc2ccc(S(=O)(=O)Nc3ccc(NC(=O)C(C)(C)CCl)cc3)cc2C1. The van der Waals surface area contributed by atoms with Crippen LogP contribution in [0.15, 0.2) is 47.4 Å². The van der Waals surface area contributed by atoms with E-state index in [1.165, 1.54) is 6.92 Å². The summed E-state index contributed by atoms with van der Waals surface area (Å²) >= 11 is 5.82. The molecule has 0 saturated carbocycles. The number of carbonyl (C=O) groups is 2. The fraction of sp³-hybridized carbons (Fsp3) is 0.364. The van der Waals surface area contributed by atoms with Crippen LogP contribution in [-0.4, -0.2) is 37.6 Å². The zero-order chi connectivity index (χ0) is 22.8. The van der Waals surface area contributed by atoms with Crippen LogP contribution in [0.1, 0.15) is 31.9 Å². The van der Waals surface area contributed by atoms with Crippen molar-refractivity contribution in [2.75, 3.05) is 22.5 Å². The summed E-state index contributed by atoms with van der Waals surface area (Å²) in [5, 5.41) is 2.77. The lowest BCUT2D eigenvalue weighted by Gasteiger charge is -2.28. The molecule has 3 rings (SSSR count). The van der Waals surface area contributed by atoms with Gasteiger partial charge in [-0.3, -0.25) is 14.3 Å². The molecule has 31 heavy (non-hydrogen) atoms. The first-order valence-corrected chi connectivity index (χ1v) is 11.9. The van der Waals surface area contributed by atoms with Crippen LogP contribution >= 0.6 is 11.6 Å². The van der Waals surface area contributed by atoms with Gasteiger partial charge in [-0.1, -0.05) is 6.07 Å². The van der Waals surface area contributed by atoms with E-state index in [1.54, 1.807) is 61.2 Å². The Morgan fingerprint density at radius 3 is 2.32 bits per heavy atom. The quantitative estimate of drug-likeness (QED) is 0.640. The Balaban J connectivity index is 1.73. The Morgan fingerprint density at radius 1 is 1.06 bits per heavy atom. The molecule has 0 atom stereocenters. The molecule has 2 N–H and O–H groups in total. The van der Waals surface area contributed by atoms with Gasteiger partial charge >= 0.3 is 0 Å². The molecular weight excluding hydrogens is 438 g/mol. The van der Waals surface area contributed by atoms with E-state index in [4.69, 9.17) is 11.6 Å². The van der Waals surface area contributed by atoms with Gasteiger partial charge in [0.05, 0.1) is 10.3 Å². The molecule has 2 aromatic rings. The number of amides is 2. The van der Waals surface area contributed by atoms with Crippen molar-refractivity contribution in [3.05, 3.63) is 53.6 Å². The van der Waals surface area contributed by atoms with Gasteiger partial charge in [0.25, 0.3) is 10.0 Å². The molecule has 0 aliphatic carbocycles. The molecule has 0 fully saturated rings. The van der Waals surface area contributed by atoms with Crippen LogP contribution in [0.3, 0.4) is 0 Å². The summed E-state index contributed by atoms with van der Waals surface area (Å²) in [7, 11) is -3.81. The molecule has 1 heterocycles. The molecule has 7 nitrogen and oxygen atoms in total. The summed E-state index contributed by atoms with van der Waals surface area (Å²) in [6, 6.07) is 11.4. The second kappa shape index (κ2) is 8.88. The summed E-state index contributed by atoms with van der Waals surface area (Å²) in [4.78, 5) is 25.7. The summed E-state index contributed by atoms with van der Waals surface area (Å²) in [5.41, 5.74) is 2.09. The second-order valence-corrected chi connectivity index (χ2v) is 10.2. The zero-order valence-electron chi connectivity index (χ0n) is 17.7. The number of fused-ring (bicyclic) bond motifs is 1. The number of rotatable bonds is 6. The van der Waals surface area contributed by atoms with Crippen molar-refractivity contribution in [1.29, 1.82) is 0 Å². The topological polar surface area (TPSA) is 95.6 Å². The van der Waals surface area contributed by atoms with E-state index >= 15 is 0 Å². The molecule has 0 aromatic heterocycles. The smallest absolute Gasteiger partial charge is 0.261 e. The lowest BCUT2D eigenvalue weighted by atomic mass is 9.95. The lowest BCUT2D eigenvalue weighted by molar-refractivity contribution is -0.129. The Labute approximate surface area is 187 Å². The van der Waals surface area contributed by atoms with E-state index in [0.29, 0.717) is 30.9 Å². The number of hydrogen-bond acceptors (Lipinski definition) is 4. The van der Waals surface area contributed by atoms with E-state index in [0.717, 1.165) is 11.1 Å². The lowest BCUT2D eigenvalue weighted by Crippen LogP contribution is -2.34.